The summed E-state index contributed by atoms with van der Waals surface area (Å²) in [6.07, 6.45) is 2.85. The quantitative estimate of drug-likeness (QED) is 0.912. The number of aromatic nitrogens is 2. The molecule has 0 aromatic carbocycles. The number of sulfonamides is 1. The number of anilines is 1. The topological polar surface area (TPSA) is 66.7 Å². The van der Waals surface area contributed by atoms with Crippen LogP contribution in [0.1, 0.15) is 13.3 Å². The summed E-state index contributed by atoms with van der Waals surface area (Å²) in [4.78, 5) is 5.00. The second kappa shape index (κ2) is 4.71. The maximum atomic E-state index is 12.8. The number of rotatable bonds is 5. The summed E-state index contributed by atoms with van der Waals surface area (Å²) in [5.74, 6) is 1.52. The van der Waals surface area contributed by atoms with Gasteiger partial charge < -0.3 is 5.32 Å². The van der Waals surface area contributed by atoms with E-state index >= 15 is 0 Å². The Morgan fingerprint density at radius 1 is 1.60 bits per heavy atom. The number of thiazole rings is 1. The molecule has 0 saturated heterocycles. The van der Waals surface area contributed by atoms with Crippen molar-refractivity contribution in [3.8, 4) is 0 Å². The van der Waals surface area contributed by atoms with E-state index in [2.05, 4.69) is 17.2 Å². The SMILES string of the molecule is CNc1nc2sccn2c1S(=O)(=O)N(C)CC1CC1C. The highest BCUT2D eigenvalue weighted by molar-refractivity contribution is 7.89. The van der Waals surface area contributed by atoms with Crippen LogP contribution in [-0.4, -0.2) is 42.7 Å². The highest BCUT2D eigenvalue weighted by atomic mass is 32.2. The fourth-order valence-electron chi connectivity index (χ4n) is 2.40. The zero-order valence-electron chi connectivity index (χ0n) is 11.7. The van der Waals surface area contributed by atoms with Gasteiger partial charge in [0.2, 0.25) is 0 Å². The van der Waals surface area contributed by atoms with Crippen molar-refractivity contribution >= 4 is 32.1 Å². The third kappa shape index (κ3) is 2.11. The van der Waals surface area contributed by atoms with Crippen LogP contribution in [0.5, 0.6) is 0 Å². The molecule has 1 saturated carbocycles. The second-order valence-electron chi connectivity index (χ2n) is 5.33. The van der Waals surface area contributed by atoms with E-state index in [4.69, 9.17) is 0 Å². The Bertz CT molecular complexity index is 734. The Balaban J connectivity index is 2.01. The third-order valence-corrected chi connectivity index (χ3v) is 6.48. The van der Waals surface area contributed by atoms with Crippen molar-refractivity contribution < 1.29 is 8.42 Å². The first kappa shape index (κ1) is 13.8. The molecule has 0 radical (unpaired) electrons. The average molecular weight is 314 g/mol. The molecule has 6 nitrogen and oxygen atoms in total. The van der Waals surface area contributed by atoms with Crippen molar-refractivity contribution in [3.05, 3.63) is 11.6 Å². The maximum Gasteiger partial charge on any atom is 0.262 e. The number of nitrogens with zero attached hydrogens (tertiary/aromatic N) is 3. The molecule has 0 spiro atoms. The number of hydrogen-bond donors (Lipinski definition) is 1. The summed E-state index contributed by atoms with van der Waals surface area (Å²) in [5, 5.41) is 4.94. The average Bonchev–Trinajstić information content (AvgIpc) is 2.78. The van der Waals surface area contributed by atoms with E-state index in [1.54, 1.807) is 24.7 Å². The lowest BCUT2D eigenvalue weighted by Gasteiger charge is -2.17. The van der Waals surface area contributed by atoms with Gasteiger partial charge in [-0.05, 0) is 18.3 Å². The molecule has 1 aliphatic rings. The second-order valence-corrected chi connectivity index (χ2v) is 8.16. The van der Waals surface area contributed by atoms with Gasteiger partial charge in [0.15, 0.2) is 15.8 Å². The van der Waals surface area contributed by atoms with E-state index < -0.39 is 10.0 Å². The first-order valence-corrected chi connectivity index (χ1v) is 8.86. The molecule has 0 aliphatic heterocycles. The summed E-state index contributed by atoms with van der Waals surface area (Å²) in [7, 11) is -0.202. The highest BCUT2D eigenvalue weighted by Crippen LogP contribution is 2.39. The van der Waals surface area contributed by atoms with Gasteiger partial charge in [-0.15, -0.1) is 11.3 Å². The van der Waals surface area contributed by atoms with Gasteiger partial charge in [-0.25, -0.2) is 13.4 Å². The Hall–Kier alpha value is -1.12. The van der Waals surface area contributed by atoms with Crippen LogP contribution in [-0.2, 0) is 10.0 Å². The molecule has 1 fully saturated rings. The van der Waals surface area contributed by atoms with E-state index in [-0.39, 0.29) is 5.03 Å². The Kier molecular flexibility index (Phi) is 3.26. The van der Waals surface area contributed by atoms with Gasteiger partial charge in [-0.1, -0.05) is 6.92 Å². The monoisotopic (exact) mass is 314 g/mol. The fourth-order valence-corrected chi connectivity index (χ4v) is 4.65. The highest BCUT2D eigenvalue weighted by Gasteiger charge is 2.38. The molecular weight excluding hydrogens is 296 g/mol. The van der Waals surface area contributed by atoms with E-state index in [0.29, 0.717) is 29.2 Å². The summed E-state index contributed by atoms with van der Waals surface area (Å²) >= 11 is 1.42. The van der Waals surface area contributed by atoms with Crippen LogP contribution in [0, 0.1) is 11.8 Å². The largest absolute Gasteiger partial charge is 0.371 e. The van der Waals surface area contributed by atoms with Crippen LogP contribution >= 0.6 is 11.3 Å². The first-order chi connectivity index (χ1) is 9.45. The van der Waals surface area contributed by atoms with Crippen LogP contribution in [0.15, 0.2) is 16.6 Å². The minimum absolute atomic E-state index is 0.229. The fraction of sp³-hybridized carbons (Fsp3) is 0.583. The van der Waals surface area contributed by atoms with Crippen LogP contribution < -0.4 is 5.32 Å². The standard InChI is InChI=1S/C12H18N4O2S2/c1-8-6-9(8)7-15(3)20(17,18)11-10(13-2)14-12-16(11)4-5-19-12/h4-5,8-9,13H,6-7H2,1-3H3. The van der Waals surface area contributed by atoms with Crippen molar-refractivity contribution in [2.24, 2.45) is 11.8 Å². The third-order valence-electron chi connectivity index (χ3n) is 3.88. The Labute approximate surface area is 122 Å². The van der Waals surface area contributed by atoms with Gasteiger partial charge >= 0.3 is 0 Å². The number of nitrogens with one attached hydrogen (secondary N) is 1. The van der Waals surface area contributed by atoms with E-state index in [1.165, 1.54) is 15.6 Å². The molecule has 2 heterocycles. The van der Waals surface area contributed by atoms with Crippen LogP contribution in [0.3, 0.4) is 0 Å². The van der Waals surface area contributed by atoms with Gasteiger partial charge in [0.25, 0.3) is 10.0 Å². The van der Waals surface area contributed by atoms with E-state index in [0.717, 1.165) is 6.42 Å². The van der Waals surface area contributed by atoms with Gasteiger partial charge in [-0.3, -0.25) is 4.40 Å². The Morgan fingerprint density at radius 2 is 2.30 bits per heavy atom. The van der Waals surface area contributed by atoms with Crippen LogP contribution in [0.25, 0.3) is 4.96 Å². The van der Waals surface area contributed by atoms with Gasteiger partial charge in [0.1, 0.15) is 0 Å². The lowest BCUT2D eigenvalue weighted by molar-refractivity contribution is 0.442. The predicted molar refractivity (Wildman–Crippen MR) is 79.7 cm³/mol. The molecule has 110 valence electrons. The number of fused-ring (bicyclic) bond motifs is 1. The molecule has 2 aromatic rings. The molecule has 2 unspecified atom stereocenters. The minimum atomic E-state index is -3.54. The molecule has 2 aromatic heterocycles. The minimum Gasteiger partial charge on any atom is -0.371 e. The molecule has 20 heavy (non-hydrogen) atoms. The van der Waals surface area contributed by atoms with Crippen molar-refractivity contribution in [1.82, 2.24) is 13.7 Å². The molecule has 3 rings (SSSR count). The predicted octanol–water partition coefficient (Wildman–Crippen LogP) is 1.71. The van der Waals surface area contributed by atoms with E-state index in [9.17, 15) is 8.42 Å². The molecule has 2 atom stereocenters. The van der Waals surface area contributed by atoms with Gasteiger partial charge in [-0.2, -0.15) is 4.31 Å². The normalized spacial score (nSPS) is 22.6. The summed E-state index contributed by atoms with van der Waals surface area (Å²) in [6, 6.07) is 0. The summed E-state index contributed by atoms with van der Waals surface area (Å²) in [5.41, 5.74) is 0. The lowest BCUT2D eigenvalue weighted by atomic mass is 10.3. The number of imidazole rings is 1. The van der Waals surface area contributed by atoms with Crippen molar-refractivity contribution in [3.63, 3.8) is 0 Å². The maximum absolute atomic E-state index is 12.8. The zero-order chi connectivity index (χ0) is 14.5. The molecule has 8 heteroatoms. The first-order valence-electron chi connectivity index (χ1n) is 6.54. The smallest absolute Gasteiger partial charge is 0.262 e. The Morgan fingerprint density at radius 3 is 2.90 bits per heavy atom. The summed E-state index contributed by atoms with van der Waals surface area (Å²) < 4.78 is 28.7. The van der Waals surface area contributed by atoms with Crippen molar-refractivity contribution in [1.29, 1.82) is 0 Å². The molecule has 1 aliphatic carbocycles. The van der Waals surface area contributed by atoms with E-state index in [1.807, 2.05) is 5.38 Å². The lowest BCUT2D eigenvalue weighted by Crippen LogP contribution is -2.30. The molecule has 0 amide bonds. The van der Waals surface area contributed by atoms with Crippen LogP contribution in [0.4, 0.5) is 5.82 Å². The molecular formula is C12H18N4O2S2. The van der Waals surface area contributed by atoms with Crippen molar-refractivity contribution in [2.45, 2.75) is 18.4 Å². The van der Waals surface area contributed by atoms with Gasteiger partial charge in [0, 0.05) is 32.2 Å². The number of hydrogen-bond acceptors (Lipinski definition) is 5. The zero-order valence-corrected chi connectivity index (χ0v) is 13.3. The van der Waals surface area contributed by atoms with Crippen molar-refractivity contribution in [2.75, 3.05) is 26.0 Å². The summed E-state index contributed by atoms with van der Waals surface area (Å²) in [6.45, 7) is 2.73. The molecule has 0 bridgehead atoms. The van der Waals surface area contributed by atoms with Gasteiger partial charge in [0.05, 0.1) is 0 Å². The molecule has 1 N–H and O–H groups in total. The van der Waals surface area contributed by atoms with Crippen LogP contribution in [0.2, 0.25) is 0 Å².